The summed E-state index contributed by atoms with van der Waals surface area (Å²) in [5.74, 6) is -2.53. The summed E-state index contributed by atoms with van der Waals surface area (Å²) in [6, 6.07) is 4.53. The largest absolute Gasteiger partial charge is 0.278 e. The molecule has 2 aromatic rings. The van der Waals surface area contributed by atoms with E-state index in [0.29, 0.717) is 0 Å². The molecule has 0 unspecified atom stereocenters. The molecule has 0 atom stereocenters. The van der Waals surface area contributed by atoms with Crippen molar-refractivity contribution in [3.63, 3.8) is 0 Å². The molecule has 76 valence electrons. The molecule has 0 spiro atoms. The second-order valence-electron chi connectivity index (χ2n) is 2.88. The maximum absolute atomic E-state index is 12.8. The lowest BCUT2D eigenvalue weighted by molar-refractivity contribution is 0.0944. The van der Waals surface area contributed by atoms with Crippen LogP contribution in [-0.4, -0.2) is 15.7 Å². The van der Waals surface area contributed by atoms with E-state index in [0.717, 1.165) is 16.8 Å². The maximum Gasteiger partial charge on any atom is 0.278 e. The molecule has 15 heavy (non-hydrogen) atoms. The first-order valence-corrected chi connectivity index (χ1v) is 4.18. The number of rotatable bonds is 1. The summed E-state index contributed by atoms with van der Waals surface area (Å²) >= 11 is 0. The van der Waals surface area contributed by atoms with Crippen molar-refractivity contribution >= 4 is 5.91 Å². The van der Waals surface area contributed by atoms with Gasteiger partial charge < -0.3 is 0 Å². The van der Waals surface area contributed by atoms with Crippen LogP contribution in [0.15, 0.2) is 36.7 Å². The average molecular weight is 208 g/mol. The maximum atomic E-state index is 12.8. The molecule has 0 saturated carbocycles. The van der Waals surface area contributed by atoms with E-state index in [-0.39, 0.29) is 5.56 Å². The van der Waals surface area contributed by atoms with E-state index in [4.69, 9.17) is 0 Å². The van der Waals surface area contributed by atoms with E-state index in [1.54, 1.807) is 6.07 Å². The van der Waals surface area contributed by atoms with Crippen LogP contribution < -0.4 is 0 Å². The van der Waals surface area contributed by atoms with Gasteiger partial charge in [-0.15, -0.1) is 0 Å². The van der Waals surface area contributed by atoms with Gasteiger partial charge in [0.1, 0.15) is 0 Å². The molecule has 0 aliphatic carbocycles. The van der Waals surface area contributed by atoms with E-state index in [9.17, 15) is 13.6 Å². The molecule has 0 amide bonds. The van der Waals surface area contributed by atoms with Crippen LogP contribution in [0.5, 0.6) is 0 Å². The number of hydrogen-bond acceptors (Lipinski definition) is 2. The zero-order chi connectivity index (χ0) is 10.8. The Labute approximate surface area is 84.0 Å². The summed E-state index contributed by atoms with van der Waals surface area (Å²) in [6.07, 6.45) is 2.86. The predicted molar refractivity (Wildman–Crippen MR) is 48.3 cm³/mol. The summed E-state index contributed by atoms with van der Waals surface area (Å²) in [7, 11) is 0. The third-order valence-corrected chi connectivity index (χ3v) is 1.88. The van der Waals surface area contributed by atoms with E-state index in [1.165, 1.54) is 18.5 Å². The van der Waals surface area contributed by atoms with Gasteiger partial charge in [-0.05, 0) is 24.3 Å². The van der Waals surface area contributed by atoms with Gasteiger partial charge in [-0.25, -0.2) is 13.5 Å². The molecular formula is C10H6F2N2O. The Hall–Kier alpha value is -2.04. The lowest BCUT2D eigenvalue weighted by Crippen LogP contribution is -2.12. The van der Waals surface area contributed by atoms with Gasteiger partial charge in [0, 0.05) is 18.0 Å². The van der Waals surface area contributed by atoms with Crippen molar-refractivity contribution < 1.29 is 13.6 Å². The highest BCUT2D eigenvalue weighted by atomic mass is 19.2. The minimum Gasteiger partial charge on any atom is -0.267 e. The fraction of sp³-hybridized carbons (Fsp3) is 0. The van der Waals surface area contributed by atoms with Crippen LogP contribution in [0.3, 0.4) is 0 Å². The highest BCUT2D eigenvalue weighted by molar-refractivity contribution is 5.95. The normalized spacial score (nSPS) is 10.3. The molecule has 0 saturated heterocycles. The van der Waals surface area contributed by atoms with Gasteiger partial charge in [0.2, 0.25) is 0 Å². The van der Waals surface area contributed by atoms with Crippen molar-refractivity contribution in [2.24, 2.45) is 0 Å². The second kappa shape index (κ2) is 3.61. The summed E-state index contributed by atoms with van der Waals surface area (Å²) in [4.78, 5) is 11.6. The Kier molecular flexibility index (Phi) is 2.29. The van der Waals surface area contributed by atoms with E-state index in [1.807, 2.05) is 0 Å². The highest BCUT2D eigenvalue weighted by Crippen LogP contribution is 2.09. The molecule has 0 aliphatic heterocycles. The molecule has 1 heterocycles. The minimum absolute atomic E-state index is 0.0533. The Morgan fingerprint density at radius 2 is 2.07 bits per heavy atom. The van der Waals surface area contributed by atoms with Gasteiger partial charge in [-0.3, -0.25) is 4.79 Å². The van der Waals surface area contributed by atoms with Gasteiger partial charge in [-0.2, -0.15) is 5.10 Å². The lowest BCUT2D eigenvalue weighted by atomic mass is 10.2. The summed E-state index contributed by atoms with van der Waals surface area (Å²) in [6.45, 7) is 0. The van der Waals surface area contributed by atoms with E-state index >= 15 is 0 Å². The number of halogens is 2. The number of aromatic nitrogens is 2. The fourth-order valence-electron chi connectivity index (χ4n) is 1.15. The number of hydrogen-bond donors (Lipinski definition) is 0. The molecule has 1 aromatic heterocycles. The Morgan fingerprint density at radius 1 is 1.27 bits per heavy atom. The quantitative estimate of drug-likeness (QED) is 0.716. The van der Waals surface area contributed by atoms with Crippen LogP contribution in [0, 0.1) is 11.6 Å². The number of benzene rings is 1. The monoisotopic (exact) mass is 208 g/mol. The van der Waals surface area contributed by atoms with Crippen LogP contribution >= 0.6 is 0 Å². The fourth-order valence-corrected chi connectivity index (χ4v) is 1.15. The van der Waals surface area contributed by atoms with Gasteiger partial charge in [0.25, 0.3) is 5.91 Å². The lowest BCUT2D eigenvalue weighted by Gasteiger charge is -2.00. The predicted octanol–water partition coefficient (Wildman–Crippen LogP) is 1.85. The van der Waals surface area contributed by atoms with Crippen LogP contribution in [0.2, 0.25) is 0 Å². The number of nitrogens with zero attached hydrogens (tertiary/aromatic N) is 2. The molecule has 5 heteroatoms. The molecular weight excluding hydrogens is 202 g/mol. The molecule has 2 rings (SSSR count). The van der Waals surface area contributed by atoms with Crippen molar-refractivity contribution in [1.82, 2.24) is 9.78 Å². The van der Waals surface area contributed by atoms with Crippen molar-refractivity contribution in [3.05, 3.63) is 53.9 Å². The van der Waals surface area contributed by atoms with Gasteiger partial charge in [0.05, 0.1) is 0 Å². The van der Waals surface area contributed by atoms with Crippen molar-refractivity contribution in [1.29, 1.82) is 0 Å². The van der Waals surface area contributed by atoms with Gasteiger partial charge in [0.15, 0.2) is 11.6 Å². The Morgan fingerprint density at radius 3 is 2.67 bits per heavy atom. The molecule has 1 aromatic carbocycles. The first kappa shape index (κ1) is 9.51. The molecule has 0 N–H and O–H groups in total. The smallest absolute Gasteiger partial charge is 0.267 e. The molecule has 0 aliphatic rings. The molecule has 0 fully saturated rings. The second-order valence-corrected chi connectivity index (χ2v) is 2.88. The van der Waals surface area contributed by atoms with Crippen LogP contribution in [0.1, 0.15) is 10.4 Å². The van der Waals surface area contributed by atoms with Crippen LogP contribution in [0.25, 0.3) is 0 Å². The van der Waals surface area contributed by atoms with Gasteiger partial charge >= 0.3 is 0 Å². The standard InChI is InChI=1S/C10H6F2N2O/c11-8-3-2-7(6-9(8)12)10(15)14-5-1-4-13-14/h1-6H. The Balaban J connectivity index is 2.39. The molecule has 0 radical (unpaired) electrons. The first-order valence-electron chi connectivity index (χ1n) is 4.18. The zero-order valence-electron chi connectivity index (χ0n) is 7.52. The zero-order valence-corrected chi connectivity index (χ0v) is 7.52. The van der Waals surface area contributed by atoms with Gasteiger partial charge in [-0.1, -0.05) is 0 Å². The number of carbonyl (C=O) groups is 1. The van der Waals surface area contributed by atoms with Crippen LogP contribution in [-0.2, 0) is 0 Å². The summed E-state index contributed by atoms with van der Waals surface area (Å²) in [5, 5.41) is 3.70. The Bertz CT molecular complexity index is 494. The van der Waals surface area contributed by atoms with E-state index < -0.39 is 17.5 Å². The average Bonchev–Trinajstić information content (AvgIpc) is 2.74. The summed E-state index contributed by atoms with van der Waals surface area (Å²) in [5.41, 5.74) is 0.0533. The molecule has 3 nitrogen and oxygen atoms in total. The molecule has 0 bridgehead atoms. The third-order valence-electron chi connectivity index (χ3n) is 1.88. The highest BCUT2D eigenvalue weighted by Gasteiger charge is 2.11. The SMILES string of the molecule is O=C(c1ccc(F)c(F)c1)n1cccn1. The van der Waals surface area contributed by atoms with Crippen molar-refractivity contribution in [3.8, 4) is 0 Å². The first-order chi connectivity index (χ1) is 7.18. The van der Waals surface area contributed by atoms with E-state index in [2.05, 4.69) is 5.10 Å². The topological polar surface area (TPSA) is 34.9 Å². The van der Waals surface area contributed by atoms with Crippen LogP contribution in [0.4, 0.5) is 8.78 Å². The van der Waals surface area contributed by atoms with Crippen molar-refractivity contribution in [2.75, 3.05) is 0 Å². The number of carbonyl (C=O) groups excluding carboxylic acids is 1. The van der Waals surface area contributed by atoms with Crippen molar-refractivity contribution in [2.45, 2.75) is 0 Å². The minimum atomic E-state index is -1.05. The summed E-state index contributed by atoms with van der Waals surface area (Å²) < 4.78 is 26.5. The third kappa shape index (κ3) is 1.76.